The van der Waals surface area contributed by atoms with Crippen molar-refractivity contribution >= 4 is 29.3 Å². The zero-order valence-corrected chi connectivity index (χ0v) is 17.2. The zero-order valence-electron chi connectivity index (χ0n) is 16.4. The lowest BCUT2D eigenvalue weighted by Crippen LogP contribution is -2.13. The van der Waals surface area contributed by atoms with Crippen molar-refractivity contribution in [2.75, 3.05) is 19.0 Å². The minimum Gasteiger partial charge on any atom is -0.493 e. The standard InChI is InChI=1S/C22H23ClN2O3/c1-5-8-28-21-19(23)11-16(12-20(21)27-4)10-17(13-24)22(26)25-18-7-6-14(2)15(3)9-18/h6-7,9-12H,5,8H2,1-4H3,(H,25,26)/b17-10+. The molecular formula is C22H23ClN2O3. The number of ether oxygens (including phenoxy) is 2. The van der Waals surface area contributed by atoms with Crippen molar-refractivity contribution in [3.63, 3.8) is 0 Å². The quantitative estimate of drug-likeness (QED) is 0.507. The molecule has 2 aromatic carbocycles. The van der Waals surface area contributed by atoms with E-state index in [-0.39, 0.29) is 5.57 Å². The maximum atomic E-state index is 12.5. The highest BCUT2D eigenvalue weighted by Crippen LogP contribution is 2.37. The second kappa shape index (κ2) is 9.82. The molecule has 0 heterocycles. The van der Waals surface area contributed by atoms with E-state index in [9.17, 15) is 10.1 Å². The number of nitriles is 1. The van der Waals surface area contributed by atoms with Crippen LogP contribution in [0, 0.1) is 25.2 Å². The van der Waals surface area contributed by atoms with Crippen molar-refractivity contribution in [1.29, 1.82) is 5.26 Å². The summed E-state index contributed by atoms with van der Waals surface area (Å²) in [5.74, 6) is 0.396. The average molecular weight is 399 g/mol. The average Bonchev–Trinajstić information content (AvgIpc) is 2.67. The summed E-state index contributed by atoms with van der Waals surface area (Å²) >= 11 is 6.30. The summed E-state index contributed by atoms with van der Waals surface area (Å²) in [5.41, 5.74) is 3.34. The van der Waals surface area contributed by atoms with Gasteiger partial charge < -0.3 is 14.8 Å². The van der Waals surface area contributed by atoms with Crippen molar-refractivity contribution in [3.05, 3.63) is 57.6 Å². The fourth-order valence-electron chi connectivity index (χ4n) is 2.50. The number of anilines is 1. The van der Waals surface area contributed by atoms with Gasteiger partial charge in [-0.1, -0.05) is 24.6 Å². The number of rotatable bonds is 7. The first-order chi connectivity index (χ1) is 13.4. The molecule has 2 rings (SSSR count). The molecule has 0 saturated carbocycles. The molecule has 146 valence electrons. The van der Waals surface area contributed by atoms with Crippen LogP contribution in [0.25, 0.3) is 6.08 Å². The van der Waals surface area contributed by atoms with E-state index in [4.69, 9.17) is 21.1 Å². The third kappa shape index (κ3) is 5.28. The maximum Gasteiger partial charge on any atom is 0.266 e. The number of carbonyl (C=O) groups excluding carboxylic acids is 1. The van der Waals surface area contributed by atoms with E-state index in [2.05, 4.69) is 5.32 Å². The molecule has 0 aliphatic heterocycles. The first-order valence-electron chi connectivity index (χ1n) is 8.90. The van der Waals surface area contributed by atoms with E-state index in [1.165, 1.54) is 13.2 Å². The summed E-state index contributed by atoms with van der Waals surface area (Å²) in [6.07, 6.45) is 2.30. The number of hydrogen-bond acceptors (Lipinski definition) is 4. The Morgan fingerprint density at radius 2 is 2.00 bits per heavy atom. The molecule has 0 atom stereocenters. The summed E-state index contributed by atoms with van der Waals surface area (Å²) in [5, 5.41) is 12.5. The summed E-state index contributed by atoms with van der Waals surface area (Å²) in [6, 6.07) is 10.8. The number of amides is 1. The van der Waals surface area contributed by atoms with E-state index < -0.39 is 5.91 Å². The third-order valence-corrected chi connectivity index (χ3v) is 4.42. The van der Waals surface area contributed by atoms with Crippen LogP contribution < -0.4 is 14.8 Å². The van der Waals surface area contributed by atoms with Crippen molar-refractivity contribution in [2.24, 2.45) is 0 Å². The van der Waals surface area contributed by atoms with Gasteiger partial charge in [-0.15, -0.1) is 0 Å². The number of methoxy groups -OCH3 is 1. The SMILES string of the molecule is CCCOc1c(Cl)cc(/C=C(\C#N)C(=O)Nc2ccc(C)c(C)c2)cc1OC. The number of nitrogens with one attached hydrogen (secondary N) is 1. The minimum absolute atomic E-state index is 0.0430. The predicted molar refractivity (Wildman–Crippen MR) is 112 cm³/mol. The summed E-state index contributed by atoms with van der Waals surface area (Å²) < 4.78 is 11.0. The predicted octanol–water partition coefficient (Wildman–Crippen LogP) is 5.30. The fourth-order valence-corrected chi connectivity index (χ4v) is 2.77. The van der Waals surface area contributed by atoms with Gasteiger partial charge in [0.15, 0.2) is 11.5 Å². The Kier molecular flexibility index (Phi) is 7.48. The van der Waals surface area contributed by atoms with E-state index in [1.54, 1.807) is 18.2 Å². The fraction of sp³-hybridized carbons (Fsp3) is 0.273. The Morgan fingerprint density at radius 3 is 2.61 bits per heavy atom. The normalized spacial score (nSPS) is 10.9. The monoisotopic (exact) mass is 398 g/mol. The van der Waals surface area contributed by atoms with Crippen LogP contribution in [0.1, 0.15) is 30.0 Å². The molecule has 0 fully saturated rings. The van der Waals surface area contributed by atoms with Gasteiger partial charge >= 0.3 is 0 Å². The molecular weight excluding hydrogens is 376 g/mol. The highest BCUT2D eigenvalue weighted by molar-refractivity contribution is 6.32. The Morgan fingerprint density at radius 1 is 1.25 bits per heavy atom. The first kappa shape index (κ1) is 21.3. The molecule has 0 aromatic heterocycles. The van der Waals surface area contributed by atoms with Crippen LogP contribution in [0.5, 0.6) is 11.5 Å². The number of hydrogen-bond donors (Lipinski definition) is 1. The lowest BCUT2D eigenvalue weighted by Gasteiger charge is -2.13. The zero-order chi connectivity index (χ0) is 20.7. The highest BCUT2D eigenvalue weighted by atomic mass is 35.5. The van der Waals surface area contributed by atoms with Gasteiger partial charge in [-0.25, -0.2) is 0 Å². The van der Waals surface area contributed by atoms with Gasteiger partial charge in [-0.3, -0.25) is 4.79 Å². The van der Waals surface area contributed by atoms with Gasteiger partial charge in [0.2, 0.25) is 0 Å². The first-order valence-corrected chi connectivity index (χ1v) is 9.28. The highest BCUT2D eigenvalue weighted by Gasteiger charge is 2.14. The molecule has 2 aromatic rings. The van der Waals surface area contributed by atoms with Crippen LogP contribution in [0.4, 0.5) is 5.69 Å². The van der Waals surface area contributed by atoms with Crippen LogP contribution in [-0.2, 0) is 4.79 Å². The van der Waals surface area contributed by atoms with Crippen LogP contribution in [-0.4, -0.2) is 19.6 Å². The van der Waals surface area contributed by atoms with Crippen molar-refractivity contribution < 1.29 is 14.3 Å². The molecule has 0 bridgehead atoms. The van der Waals surface area contributed by atoms with E-state index >= 15 is 0 Å². The molecule has 28 heavy (non-hydrogen) atoms. The van der Waals surface area contributed by atoms with Gasteiger partial charge in [0, 0.05) is 5.69 Å². The number of carbonyl (C=O) groups is 1. The Labute approximate surface area is 170 Å². The number of halogens is 1. The van der Waals surface area contributed by atoms with Gasteiger partial charge in [-0.05, 0) is 67.3 Å². The molecule has 0 radical (unpaired) electrons. The van der Waals surface area contributed by atoms with Gasteiger partial charge in [0.1, 0.15) is 11.6 Å². The molecule has 0 spiro atoms. The molecule has 0 aliphatic carbocycles. The molecule has 1 amide bonds. The molecule has 5 nitrogen and oxygen atoms in total. The Hall–Kier alpha value is -2.97. The number of aryl methyl sites for hydroxylation is 2. The summed E-state index contributed by atoms with van der Waals surface area (Å²) in [7, 11) is 1.51. The Balaban J connectivity index is 2.30. The molecule has 0 aliphatic rings. The maximum absolute atomic E-state index is 12.5. The minimum atomic E-state index is -0.493. The van der Waals surface area contributed by atoms with E-state index in [0.717, 1.165) is 17.5 Å². The van der Waals surface area contributed by atoms with Crippen molar-refractivity contribution in [3.8, 4) is 17.6 Å². The topological polar surface area (TPSA) is 71.3 Å². The van der Waals surface area contributed by atoms with E-state index in [1.807, 2.05) is 39.0 Å². The lowest BCUT2D eigenvalue weighted by atomic mass is 10.1. The van der Waals surface area contributed by atoms with Crippen LogP contribution in [0.15, 0.2) is 35.9 Å². The van der Waals surface area contributed by atoms with Gasteiger partial charge in [0.05, 0.1) is 18.7 Å². The van der Waals surface area contributed by atoms with Crippen molar-refractivity contribution in [1.82, 2.24) is 0 Å². The third-order valence-electron chi connectivity index (χ3n) is 4.14. The summed E-state index contributed by atoms with van der Waals surface area (Å²) in [6.45, 7) is 6.45. The summed E-state index contributed by atoms with van der Waals surface area (Å²) in [4.78, 5) is 12.5. The molecule has 0 saturated heterocycles. The van der Waals surface area contributed by atoms with Gasteiger partial charge in [0.25, 0.3) is 5.91 Å². The lowest BCUT2D eigenvalue weighted by molar-refractivity contribution is -0.112. The van der Waals surface area contributed by atoms with Crippen molar-refractivity contribution in [2.45, 2.75) is 27.2 Å². The molecule has 1 N–H and O–H groups in total. The molecule has 0 unspecified atom stereocenters. The van der Waals surface area contributed by atoms with Gasteiger partial charge in [-0.2, -0.15) is 5.26 Å². The number of benzene rings is 2. The van der Waals surface area contributed by atoms with Crippen LogP contribution in [0.3, 0.4) is 0 Å². The molecule has 6 heteroatoms. The Bertz CT molecular complexity index is 946. The van der Waals surface area contributed by atoms with E-state index in [0.29, 0.717) is 34.4 Å². The second-order valence-corrected chi connectivity index (χ2v) is 6.71. The van der Waals surface area contributed by atoms with Crippen LogP contribution >= 0.6 is 11.6 Å². The smallest absolute Gasteiger partial charge is 0.266 e. The largest absolute Gasteiger partial charge is 0.493 e. The number of nitrogens with zero attached hydrogens (tertiary/aromatic N) is 1. The van der Waals surface area contributed by atoms with Crippen LogP contribution in [0.2, 0.25) is 5.02 Å². The second-order valence-electron chi connectivity index (χ2n) is 6.31.